The highest BCUT2D eigenvalue weighted by Crippen LogP contribution is 2.22. The highest BCUT2D eigenvalue weighted by molar-refractivity contribution is 5.97. The van der Waals surface area contributed by atoms with Crippen molar-refractivity contribution >= 4 is 17.6 Å². The predicted molar refractivity (Wildman–Crippen MR) is 112 cm³/mol. The van der Waals surface area contributed by atoms with Gasteiger partial charge in [0, 0.05) is 30.4 Å². The lowest BCUT2D eigenvalue weighted by molar-refractivity contribution is 0.0661. The van der Waals surface area contributed by atoms with Crippen LogP contribution in [0.25, 0.3) is 0 Å². The number of carbonyl (C=O) groups is 2. The summed E-state index contributed by atoms with van der Waals surface area (Å²) in [6.07, 6.45) is 3.94. The minimum Gasteiger partial charge on any atom is -0.493 e. The first kappa shape index (κ1) is 19.3. The summed E-state index contributed by atoms with van der Waals surface area (Å²) in [6.45, 7) is 2.13. The number of nitrogens with zero attached hydrogens (tertiary/aromatic N) is 1. The van der Waals surface area contributed by atoms with E-state index in [9.17, 15) is 9.59 Å². The second-order valence-electron chi connectivity index (χ2n) is 7.81. The monoisotopic (exact) mass is 393 g/mol. The number of carbonyl (C=O) groups excluding carboxylic acids is 2. The Morgan fingerprint density at radius 2 is 1.72 bits per heavy atom. The molecule has 6 nitrogen and oxygen atoms in total. The van der Waals surface area contributed by atoms with Crippen LogP contribution in [-0.2, 0) is 0 Å². The van der Waals surface area contributed by atoms with Crippen LogP contribution in [0.2, 0.25) is 0 Å². The Labute approximate surface area is 171 Å². The Kier molecular flexibility index (Phi) is 5.98. The van der Waals surface area contributed by atoms with Crippen LogP contribution in [0.3, 0.4) is 0 Å². The standard InChI is InChI=1S/C23H27N3O3/c27-22(18-5-4-6-20(15-18)25-23(28)24-19-9-10-19)26-13-11-17(12-14-26)16-29-21-7-2-1-3-8-21/h1-8,15,17,19H,9-14,16H2,(H2,24,25,28). The second-order valence-corrected chi connectivity index (χ2v) is 7.81. The number of piperidine rings is 1. The fourth-order valence-electron chi connectivity index (χ4n) is 3.53. The van der Waals surface area contributed by atoms with Crippen molar-refractivity contribution in [1.29, 1.82) is 0 Å². The molecule has 0 bridgehead atoms. The molecule has 0 unspecified atom stereocenters. The summed E-state index contributed by atoms with van der Waals surface area (Å²) in [5.41, 5.74) is 1.24. The van der Waals surface area contributed by atoms with Crippen molar-refractivity contribution < 1.29 is 14.3 Å². The minimum atomic E-state index is -0.212. The maximum absolute atomic E-state index is 12.9. The zero-order chi connectivity index (χ0) is 20.1. The third-order valence-corrected chi connectivity index (χ3v) is 5.41. The van der Waals surface area contributed by atoms with Crippen molar-refractivity contribution in [2.24, 2.45) is 5.92 Å². The van der Waals surface area contributed by atoms with Gasteiger partial charge in [0.1, 0.15) is 5.75 Å². The molecular weight excluding hydrogens is 366 g/mol. The van der Waals surface area contributed by atoms with Crippen molar-refractivity contribution in [2.75, 3.05) is 25.0 Å². The molecule has 2 aliphatic rings. The number of anilines is 1. The first-order chi connectivity index (χ1) is 14.2. The van der Waals surface area contributed by atoms with Gasteiger partial charge in [-0.1, -0.05) is 24.3 Å². The summed E-state index contributed by atoms with van der Waals surface area (Å²) >= 11 is 0. The zero-order valence-electron chi connectivity index (χ0n) is 16.5. The molecule has 29 heavy (non-hydrogen) atoms. The molecule has 0 radical (unpaired) electrons. The van der Waals surface area contributed by atoms with Gasteiger partial charge in [-0.15, -0.1) is 0 Å². The molecule has 1 aliphatic heterocycles. The first-order valence-corrected chi connectivity index (χ1v) is 10.3. The summed E-state index contributed by atoms with van der Waals surface area (Å²) in [5, 5.41) is 5.70. The number of ether oxygens (including phenoxy) is 1. The van der Waals surface area contributed by atoms with Crippen molar-refractivity contribution in [3.05, 3.63) is 60.2 Å². The summed E-state index contributed by atoms with van der Waals surface area (Å²) in [4.78, 5) is 26.7. The van der Waals surface area contributed by atoms with Crippen LogP contribution >= 0.6 is 0 Å². The molecule has 3 amide bonds. The largest absolute Gasteiger partial charge is 0.493 e. The lowest BCUT2D eigenvalue weighted by atomic mass is 9.97. The molecule has 2 fully saturated rings. The normalized spacial score (nSPS) is 16.9. The van der Waals surface area contributed by atoms with Crippen LogP contribution in [0, 0.1) is 5.92 Å². The van der Waals surface area contributed by atoms with E-state index in [0.717, 1.165) is 44.5 Å². The van der Waals surface area contributed by atoms with Gasteiger partial charge in [0.25, 0.3) is 5.91 Å². The van der Waals surface area contributed by atoms with E-state index in [4.69, 9.17) is 4.74 Å². The molecule has 2 aromatic carbocycles. The smallest absolute Gasteiger partial charge is 0.319 e. The van der Waals surface area contributed by atoms with Gasteiger partial charge in [-0.3, -0.25) is 4.79 Å². The third-order valence-electron chi connectivity index (χ3n) is 5.41. The van der Waals surface area contributed by atoms with Crippen LogP contribution in [0.15, 0.2) is 54.6 Å². The van der Waals surface area contributed by atoms with Crippen molar-refractivity contribution in [2.45, 2.75) is 31.7 Å². The quantitative estimate of drug-likeness (QED) is 0.782. The summed E-state index contributed by atoms with van der Waals surface area (Å²) in [5.74, 6) is 1.36. The van der Waals surface area contributed by atoms with E-state index < -0.39 is 0 Å². The van der Waals surface area contributed by atoms with Gasteiger partial charge in [-0.25, -0.2) is 4.79 Å². The molecule has 1 saturated heterocycles. The molecule has 1 aliphatic carbocycles. The zero-order valence-corrected chi connectivity index (χ0v) is 16.5. The average molecular weight is 393 g/mol. The van der Waals surface area contributed by atoms with Crippen LogP contribution in [0.1, 0.15) is 36.0 Å². The van der Waals surface area contributed by atoms with E-state index in [1.165, 1.54) is 0 Å². The first-order valence-electron chi connectivity index (χ1n) is 10.3. The number of nitrogens with one attached hydrogen (secondary N) is 2. The second kappa shape index (κ2) is 8.99. The molecule has 2 N–H and O–H groups in total. The molecule has 4 rings (SSSR count). The molecule has 1 heterocycles. The van der Waals surface area contributed by atoms with E-state index in [0.29, 0.717) is 29.8 Å². The van der Waals surface area contributed by atoms with Gasteiger partial charge in [-0.2, -0.15) is 0 Å². The van der Waals surface area contributed by atoms with Gasteiger partial charge >= 0.3 is 6.03 Å². The van der Waals surface area contributed by atoms with E-state index in [1.54, 1.807) is 24.3 Å². The summed E-state index contributed by atoms with van der Waals surface area (Å²) in [6, 6.07) is 17.1. The number of benzene rings is 2. The van der Waals surface area contributed by atoms with Crippen LogP contribution < -0.4 is 15.4 Å². The van der Waals surface area contributed by atoms with E-state index in [1.807, 2.05) is 35.2 Å². The molecular formula is C23H27N3O3. The summed E-state index contributed by atoms with van der Waals surface area (Å²) in [7, 11) is 0. The molecule has 1 saturated carbocycles. The maximum Gasteiger partial charge on any atom is 0.319 e. The van der Waals surface area contributed by atoms with Crippen LogP contribution in [-0.4, -0.2) is 42.6 Å². The Bertz CT molecular complexity index is 843. The topological polar surface area (TPSA) is 70.7 Å². The Morgan fingerprint density at radius 1 is 0.966 bits per heavy atom. The van der Waals surface area contributed by atoms with Gasteiger partial charge in [-0.05, 0) is 61.9 Å². The molecule has 0 atom stereocenters. The van der Waals surface area contributed by atoms with Crippen molar-refractivity contribution in [3.8, 4) is 5.75 Å². The number of rotatable bonds is 6. The van der Waals surface area contributed by atoms with Gasteiger partial charge in [0.05, 0.1) is 6.61 Å². The molecule has 2 aromatic rings. The van der Waals surface area contributed by atoms with Gasteiger partial charge < -0.3 is 20.3 Å². The van der Waals surface area contributed by atoms with Crippen molar-refractivity contribution in [1.82, 2.24) is 10.2 Å². The Hall–Kier alpha value is -3.02. The number of hydrogen-bond acceptors (Lipinski definition) is 3. The number of amides is 3. The van der Waals surface area contributed by atoms with Crippen LogP contribution in [0.4, 0.5) is 10.5 Å². The minimum absolute atomic E-state index is 0.0127. The lowest BCUT2D eigenvalue weighted by Gasteiger charge is -2.32. The number of likely N-dealkylation sites (tertiary alicyclic amines) is 1. The predicted octanol–water partition coefficient (Wildman–Crippen LogP) is 3.90. The molecule has 0 spiro atoms. The molecule has 152 valence electrons. The third kappa shape index (κ3) is 5.50. The molecule has 0 aromatic heterocycles. The number of para-hydroxylation sites is 1. The van der Waals surface area contributed by atoms with Gasteiger partial charge in [0.2, 0.25) is 0 Å². The number of urea groups is 1. The summed E-state index contributed by atoms with van der Waals surface area (Å²) < 4.78 is 5.86. The number of hydrogen-bond donors (Lipinski definition) is 2. The van der Waals surface area contributed by atoms with E-state index in [2.05, 4.69) is 10.6 Å². The Balaban J connectivity index is 1.26. The lowest BCUT2D eigenvalue weighted by Crippen LogP contribution is -2.39. The van der Waals surface area contributed by atoms with E-state index >= 15 is 0 Å². The SMILES string of the molecule is O=C(Nc1cccc(C(=O)N2CCC(COc3ccccc3)CC2)c1)NC1CC1. The van der Waals surface area contributed by atoms with E-state index in [-0.39, 0.29) is 11.9 Å². The van der Waals surface area contributed by atoms with Crippen molar-refractivity contribution in [3.63, 3.8) is 0 Å². The van der Waals surface area contributed by atoms with Gasteiger partial charge in [0.15, 0.2) is 0 Å². The highest BCUT2D eigenvalue weighted by atomic mass is 16.5. The maximum atomic E-state index is 12.9. The van der Waals surface area contributed by atoms with Crippen LogP contribution in [0.5, 0.6) is 5.75 Å². The average Bonchev–Trinajstić information content (AvgIpc) is 3.57. The fraction of sp³-hybridized carbons (Fsp3) is 0.391. The Morgan fingerprint density at radius 3 is 2.45 bits per heavy atom. The highest BCUT2D eigenvalue weighted by Gasteiger charge is 2.25. The molecule has 6 heteroatoms. The fourth-order valence-corrected chi connectivity index (χ4v) is 3.53.